The molecule has 1 atom stereocenters. The van der Waals surface area contributed by atoms with E-state index in [1.807, 2.05) is 84.2 Å². The molecule has 2 aromatic carbocycles. The van der Waals surface area contributed by atoms with Crippen LogP contribution in [0.4, 0.5) is 0 Å². The first kappa shape index (κ1) is 23.6. The summed E-state index contributed by atoms with van der Waals surface area (Å²) in [5.41, 5.74) is 1.71. The van der Waals surface area contributed by atoms with Crippen molar-refractivity contribution < 1.29 is 9.59 Å². The summed E-state index contributed by atoms with van der Waals surface area (Å²) < 4.78 is 2.04. The molecule has 0 bridgehead atoms. The Morgan fingerprint density at radius 1 is 1.00 bits per heavy atom. The molecule has 0 radical (unpaired) electrons. The van der Waals surface area contributed by atoms with E-state index in [1.54, 1.807) is 4.90 Å². The Morgan fingerprint density at radius 2 is 1.75 bits per heavy atom. The van der Waals surface area contributed by atoms with Crippen molar-refractivity contribution in [2.45, 2.75) is 52.6 Å². The fourth-order valence-electron chi connectivity index (χ4n) is 3.88. The number of hydrogen-bond acceptors (Lipinski definition) is 2. The van der Waals surface area contributed by atoms with Gasteiger partial charge in [-0.25, -0.2) is 0 Å². The van der Waals surface area contributed by atoms with Crippen LogP contribution in [-0.4, -0.2) is 45.3 Å². The topological polar surface area (TPSA) is 45.6 Å². The van der Waals surface area contributed by atoms with Crippen LogP contribution in [0.3, 0.4) is 0 Å². The second kappa shape index (κ2) is 11.0. The molecule has 0 saturated carbocycles. The summed E-state index contributed by atoms with van der Waals surface area (Å²) in [4.78, 5) is 30.5. The zero-order valence-electron chi connectivity index (χ0n) is 19.8. The molecule has 0 saturated heterocycles. The lowest BCUT2D eigenvalue weighted by Crippen LogP contribution is -2.46. The van der Waals surface area contributed by atoms with E-state index in [0.717, 1.165) is 35.7 Å². The number of carbonyl (C=O) groups is 2. The van der Waals surface area contributed by atoms with Gasteiger partial charge < -0.3 is 14.4 Å². The fraction of sp³-hybridized carbons (Fsp3) is 0.407. The number of aryl methyl sites for hydroxylation is 1. The van der Waals surface area contributed by atoms with Crippen LogP contribution in [0.25, 0.3) is 10.8 Å². The first-order chi connectivity index (χ1) is 15.4. The van der Waals surface area contributed by atoms with Gasteiger partial charge >= 0.3 is 0 Å². The van der Waals surface area contributed by atoms with Gasteiger partial charge in [0.1, 0.15) is 6.54 Å². The van der Waals surface area contributed by atoms with E-state index in [0.29, 0.717) is 18.7 Å². The van der Waals surface area contributed by atoms with Gasteiger partial charge in [-0.1, -0.05) is 50.6 Å². The van der Waals surface area contributed by atoms with Crippen molar-refractivity contribution in [1.82, 2.24) is 14.4 Å². The first-order valence-electron chi connectivity index (χ1n) is 11.6. The normalized spacial score (nSPS) is 12.0. The van der Waals surface area contributed by atoms with Crippen LogP contribution in [-0.2, 0) is 18.4 Å². The molecule has 1 aromatic heterocycles. The predicted octanol–water partition coefficient (Wildman–Crippen LogP) is 5.25. The Bertz CT molecular complexity index is 1060. The molecule has 3 rings (SSSR count). The molecule has 0 spiro atoms. The SMILES string of the molecule is CCCCN(Cc1cccn1C)C(=O)CN(C(=O)c1ccc2ccccc2c1)C(C)CC. The van der Waals surface area contributed by atoms with Gasteiger partial charge in [0, 0.05) is 37.1 Å². The standard InChI is InChI=1S/C27H35N3O2/c1-5-7-17-29(19-25-13-10-16-28(25)4)26(31)20-30(21(3)6-2)27(32)24-15-14-22-11-8-9-12-23(22)18-24/h8-16,18,21H,5-7,17,19-20H2,1-4H3. The van der Waals surface area contributed by atoms with E-state index in [2.05, 4.69) is 13.8 Å². The molecule has 170 valence electrons. The Balaban J connectivity index is 1.82. The maximum Gasteiger partial charge on any atom is 0.254 e. The van der Waals surface area contributed by atoms with Gasteiger partial charge in [0.25, 0.3) is 5.91 Å². The molecule has 32 heavy (non-hydrogen) atoms. The van der Waals surface area contributed by atoms with E-state index >= 15 is 0 Å². The molecule has 5 nitrogen and oxygen atoms in total. The number of carbonyl (C=O) groups excluding carboxylic acids is 2. The molecule has 1 unspecified atom stereocenters. The highest BCUT2D eigenvalue weighted by atomic mass is 16.2. The Morgan fingerprint density at radius 3 is 2.41 bits per heavy atom. The van der Waals surface area contributed by atoms with Crippen molar-refractivity contribution in [2.24, 2.45) is 7.05 Å². The average Bonchev–Trinajstić information content (AvgIpc) is 3.22. The lowest BCUT2D eigenvalue weighted by molar-refractivity contribution is -0.133. The van der Waals surface area contributed by atoms with Gasteiger partial charge in [0.05, 0.1) is 6.54 Å². The number of nitrogens with zero attached hydrogens (tertiary/aromatic N) is 3. The minimum absolute atomic E-state index is 0.00547. The Kier molecular flexibility index (Phi) is 8.09. The summed E-state index contributed by atoms with van der Waals surface area (Å²) in [5.74, 6) is -0.0955. The van der Waals surface area contributed by atoms with Crippen molar-refractivity contribution in [2.75, 3.05) is 13.1 Å². The third kappa shape index (κ3) is 5.58. The number of aromatic nitrogens is 1. The smallest absolute Gasteiger partial charge is 0.254 e. The van der Waals surface area contributed by atoms with Gasteiger partial charge in [-0.3, -0.25) is 9.59 Å². The molecule has 1 heterocycles. The lowest BCUT2D eigenvalue weighted by Gasteiger charge is -2.31. The van der Waals surface area contributed by atoms with Gasteiger partial charge in [-0.2, -0.15) is 0 Å². The van der Waals surface area contributed by atoms with Crippen LogP contribution < -0.4 is 0 Å². The number of fused-ring (bicyclic) bond motifs is 1. The maximum atomic E-state index is 13.5. The highest BCUT2D eigenvalue weighted by Crippen LogP contribution is 2.19. The van der Waals surface area contributed by atoms with Crippen LogP contribution in [0.2, 0.25) is 0 Å². The van der Waals surface area contributed by atoms with Gasteiger partial charge in [-0.15, -0.1) is 0 Å². The zero-order chi connectivity index (χ0) is 23.1. The molecule has 3 aromatic rings. The van der Waals surface area contributed by atoms with E-state index < -0.39 is 0 Å². The van der Waals surface area contributed by atoms with E-state index in [9.17, 15) is 9.59 Å². The van der Waals surface area contributed by atoms with Crippen molar-refractivity contribution in [3.8, 4) is 0 Å². The van der Waals surface area contributed by atoms with Gasteiger partial charge in [-0.05, 0) is 54.8 Å². The second-order valence-corrected chi connectivity index (χ2v) is 8.53. The summed E-state index contributed by atoms with van der Waals surface area (Å²) in [6.07, 6.45) is 4.74. The van der Waals surface area contributed by atoms with Crippen molar-refractivity contribution >= 4 is 22.6 Å². The predicted molar refractivity (Wildman–Crippen MR) is 130 cm³/mol. The summed E-state index contributed by atoms with van der Waals surface area (Å²) in [5, 5.41) is 2.13. The lowest BCUT2D eigenvalue weighted by atomic mass is 10.1. The van der Waals surface area contributed by atoms with E-state index in [1.165, 1.54) is 0 Å². The molecule has 2 amide bonds. The molecule has 0 aliphatic rings. The molecule has 0 fully saturated rings. The third-order valence-corrected chi connectivity index (χ3v) is 6.22. The van der Waals surface area contributed by atoms with Gasteiger partial charge in [0.15, 0.2) is 0 Å². The van der Waals surface area contributed by atoms with Gasteiger partial charge in [0.2, 0.25) is 5.91 Å². The molecule has 5 heteroatoms. The largest absolute Gasteiger partial charge is 0.353 e. The summed E-state index contributed by atoms with van der Waals surface area (Å²) >= 11 is 0. The number of unbranched alkanes of at least 4 members (excludes halogenated alkanes) is 1. The number of amides is 2. The van der Waals surface area contributed by atoms with E-state index in [-0.39, 0.29) is 24.4 Å². The number of hydrogen-bond donors (Lipinski definition) is 0. The minimum atomic E-state index is -0.0900. The van der Waals surface area contributed by atoms with E-state index in [4.69, 9.17) is 0 Å². The number of benzene rings is 2. The summed E-state index contributed by atoms with van der Waals surface area (Å²) in [6.45, 7) is 7.53. The average molecular weight is 434 g/mol. The van der Waals surface area contributed by atoms with Crippen LogP contribution in [0, 0.1) is 0 Å². The zero-order valence-corrected chi connectivity index (χ0v) is 19.8. The molecular weight excluding hydrogens is 398 g/mol. The highest BCUT2D eigenvalue weighted by molar-refractivity contribution is 6.00. The van der Waals surface area contributed by atoms with Crippen LogP contribution in [0.5, 0.6) is 0 Å². The van der Waals surface area contributed by atoms with Crippen molar-refractivity contribution in [3.63, 3.8) is 0 Å². The Hall–Kier alpha value is -3.08. The van der Waals surface area contributed by atoms with Crippen molar-refractivity contribution in [3.05, 3.63) is 72.1 Å². The maximum absolute atomic E-state index is 13.5. The summed E-state index contributed by atoms with van der Waals surface area (Å²) in [6, 6.07) is 17.8. The van der Waals surface area contributed by atoms with Crippen LogP contribution >= 0.6 is 0 Å². The quantitative estimate of drug-likeness (QED) is 0.438. The fourth-order valence-corrected chi connectivity index (χ4v) is 3.88. The highest BCUT2D eigenvalue weighted by Gasteiger charge is 2.26. The second-order valence-electron chi connectivity index (χ2n) is 8.53. The number of rotatable bonds is 10. The Labute approximate surface area is 191 Å². The van der Waals surface area contributed by atoms with Crippen LogP contribution in [0.15, 0.2) is 60.8 Å². The molecular formula is C27H35N3O2. The van der Waals surface area contributed by atoms with Crippen LogP contribution in [0.1, 0.15) is 56.1 Å². The molecule has 0 aliphatic heterocycles. The minimum Gasteiger partial charge on any atom is -0.353 e. The van der Waals surface area contributed by atoms with Crippen molar-refractivity contribution in [1.29, 1.82) is 0 Å². The monoisotopic (exact) mass is 433 g/mol. The summed E-state index contributed by atoms with van der Waals surface area (Å²) in [7, 11) is 1.99. The first-order valence-corrected chi connectivity index (χ1v) is 11.6. The third-order valence-electron chi connectivity index (χ3n) is 6.22. The molecule has 0 N–H and O–H groups in total. The molecule has 0 aliphatic carbocycles.